The molecule has 0 aromatic heterocycles. The summed E-state index contributed by atoms with van der Waals surface area (Å²) in [5, 5.41) is 9.49. The Morgan fingerprint density at radius 2 is 1.96 bits per heavy atom. The molecular formula is C17H22NO4S+. The normalized spacial score (nSPS) is 25.0. The Labute approximate surface area is 140 Å². The molecule has 1 saturated heterocycles. The Bertz CT molecular complexity index is 604. The van der Waals surface area contributed by atoms with E-state index in [1.807, 2.05) is 13.0 Å². The second-order valence-electron chi connectivity index (χ2n) is 6.07. The lowest BCUT2D eigenvalue weighted by Crippen LogP contribution is -2.60. The zero-order chi connectivity index (χ0) is 17.0. The third-order valence-corrected chi connectivity index (χ3v) is 5.68. The molecule has 23 heavy (non-hydrogen) atoms. The van der Waals surface area contributed by atoms with E-state index in [9.17, 15) is 19.5 Å². The van der Waals surface area contributed by atoms with Crippen molar-refractivity contribution in [1.29, 1.82) is 0 Å². The minimum absolute atomic E-state index is 0.0957. The van der Waals surface area contributed by atoms with Crippen molar-refractivity contribution >= 4 is 28.9 Å². The maximum atomic E-state index is 12.7. The summed E-state index contributed by atoms with van der Waals surface area (Å²) >= 11 is 1.07. The topological polar surface area (TPSA) is 71.4 Å². The molecule has 0 bridgehead atoms. The number of imide groups is 1. The van der Waals surface area contributed by atoms with E-state index >= 15 is 0 Å². The van der Waals surface area contributed by atoms with Crippen LogP contribution >= 0.6 is 11.8 Å². The van der Waals surface area contributed by atoms with Crippen LogP contribution in [0.15, 0.2) is 30.3 Å². The molecule has 1 aromatic carbocycles. The molecule has 1 aliphatic heterocycles. The highest BCUT2D eigenvalue weighted by Crippen LogP contribution is 2.31. The monoisotopic (exact) mass is 336 g/mol. The highest BCUT2D eigenvalue weighted by Gasteiger charge is 2.54. The van der Waals surface area contributed by atoms with E-state index in [1.54, 1.807) is 31.2 Å². The Morgan fingerprint density at radius 1 is 1.30 bits per heavy atom. The quantitative estimate of drug-likeness (QED) is 0.853. The smallest absolute Gasteiger partial charge is 0.435 e. The molecule has 0 aliphatic carbocycles. The molecule has 1 aromatic rings. The minimum Gasteiger partial charge on any atom is -0.435 e. The first-order chi connectivity index (χ1) is 10.9. The average Bonchev–Trinajstić information content (AvgIpc) is 2.95. The second-order valence-corrected chi connectivity index (χ2v) is 7.06. The predicted octanol–water partition coefficient (Wildman–Crippen LogP) is 3.40. The molecule has 5 nitrogen and oxygen atoms in total. The number of amides is 2. The number of hydrogen-bond acceptors (Lipinski definition) is 4. The molecular weight excluding hydrogens is 314 g/mol. The van der Waals surface area contributed by atoms with E-state index in [4.69, 9.17) is 0 Å². The zero-order valence-electron chi connectivity index (χ0n) is 13.4. The van der Waals surface area contributed by atoms with Crippen LogP contribution in [0.2, 0.25) is 0 Å². The lowest BCUT2D eigenvalue weighted by molar-refractivity contribution is -0.793. The Hall–Kier alpha value is -1.66. The standard InChI is InChI=1S/C17H21NO4S/c1-12(11-23-16(20)14-8-4-3-5-9-14)15(19)18(17(21)22)10-6-7-13(18)2/h3-5,8-9,12-13H,6-7,10-11H2,1-2H3/p+1/t12-,13-,18?/m1/s1. The first-order valence-electron chi connectivity index (χ1n) is 7.77. The molecule has 1 aliphatic rings. The summed E-state index contributed by atoms with van der Waals surface area (Å²) in [5.41, 5.74) is 0.592. The van der Waals surface area contributed by atoms with Crippen molar-refractivity contribution in [2.45, 2.75) is 32.7 Å². The predicted molar refractivity (Wildman–Crippen MR) is 89.2 cm³/mol. The van der Waals surface area contributed by atoms with Crippen LogP contribution < -0.4 is 0 Å². The fraction of sp³-hybridized carbons (Fsp3) is 0.471. The summed E-state index contributed by atoms with van der Waals surface area (Å²) < 4.78 is -0.499. The SMILES string of the molecule is C[C@H](CSC(=O)c1ccccc1)C(=O)[N+]1(C(=O)O)CCC[C@H]1C. The highest BCUT2D eigenvalue weighted by atomic mass is 32.2. The molecule has 0 spiro atoms. The molecule has 1 fully saturated rings. The molecule has 6 heteroatoms. The van der Waals surface area contributed by atoms with Gasteiger partial charge >= 0.3 is 12.0 Å². The second kappa shape index (κ2) is 7.27. The fourth-order valence-corrected chi connectivity index (χ4v) is 3.95. The Balaban J connectivity index is 2.02. The van der Waals surface area contributed by atoms with Gasteiger partial charge in [0, 0.05) is 24.2 Å². The van der Waals surface area contributed by atoms with Gasteiger partial charge in [0.2, 0.25) is 5.12 Å². The minimum atomic E-state index is -1.08. The van der Waals surface area contributed by atoms with Gasteiger partial charge in [-0.05, 0) is 13.8 Å². The van der Waals surface area contributed by atoms with E-state index in [0.29, 0.717) is 17.9 Å². The summed E-state index contributed by atoms with van der Waals surface area (Å²) in [7, 11) is 0. The molecule has 1 N–H and O–H groups in total. The van der Waals surface area contributed by atoms with Gasteiger partial charge in [-0.1, -0.05) is 42.1 Å². The molecule has 124 valence electrons. The van der Waals surface area contributed by atoms with E-state index in [0.717, 1.165) is 24.6 Å². The Kier molecular flexibility index (Phi) is 5.59. The molecule has 1 unspecified atom stereocenters. The summed E-state index contributed by atoms with van der Waals surface area (Å²) in [5.74, 6) is -0.479. The number of thioether (sulfide) groups is 1. The number of rotatable bonds is 4. The molecule has 3 atom stereocenters. The van der Waals surface area contributed by atoms with Gasteiger partial charge in [-0.15, -0.1) is 0 Å². The van der Waals surface area contributed by atoms with Gasteiger partial charge in [0.05, 0.1) is 12.5 Å². The molecule has 0 radical (unpaired) electrons. The lowest BCUT2D eigenvalue weighted by Gasteiger charge is -2.31. The van der Waals surface area contributed by atoms with Crippen molar-refractivity contribution < 1.29 is 24.0 Å². The van der Waals surface area contributed by atoms with Crippen molar-refractivity contribution in [3.05, 3.63) is 35.9 Å². The number of benzene rings is 1. The van der Waals surface area contributed by atoms with Crippen LogP contribution in [0, 0.1) is 5.92 Å². The molecule has 2 rings (SSSR count). The zero-order valence-corrected chi connectivity index (χ0v) is 14.2. The van der Waals surface area contributed by atoms with Gasteiger partial charge in [0.1, 0.15) is 6.04 Å². The van der Waals surface area contributed by atoms with Crippen LogP contribution in [0.1, 0.15) is 37.0 Å². The summed E-state index contributed by atoms with van der Waals surface area (Å²) in [6.07, 6.45) is 0.398. The third-order valence-electron chi connectivity index (χ3n) is 4.52. The number of quaternary nitrogens is 1. The number of nitrogens with zero attached hydrogens (tertiary/aromatic N) is 1. The summed E-state index contributed by atoms with van der Waals surface area (Å²) in [6.45, 7) is 3.87. The first-order valence-corrected chi connectivity index (χ1v) is 8.76. The molecule has 0 saturated carbocycles. The number of carbonyl (C=O) groups is 3. The van der Waals surface area contributed by atoms with Crippen molar-refractivity contribution in [2.75, 3.05) is 12.3 Å². The van der Waals surface area contributed by atoms with Gasteiger partial charge in [0.25, 0.3) is 0 Å². The van der Waals surface area contributed by atoms with Crippen LogP contribution in [0.5, 0.6) is 0 Å². The Morgan fingerprint density at radius 3 is 2.48 bits per heavy atom. The summed E-state index contributed by atoms with van der Waals surface area (Å²) in [4.78, 5) is 36.6. The van der Waals surface area contributed by atoms with Gasteiger partial charge in [-0.2, -0.15) is 9.28 Å². The number of carboxylic acid groups (broad SMARTS) is 1. The van der Waals surface area contributed by atoms with E-state index in [1.165, 1.54) is 0 Å². The van der Waals surface area contributed by atoms with Crippen molar-refractivity contribution in [2.24, 2.45) is 5.92 Å². The van der Waals surface area contributed by atoms with Crippen LogP contribution in [-0.2, 0) is 4.79 Å². The van der Waals surface area contributed by atoms with Gasteiger partial charge in [-0.3, -0.25) is 4.79 Å². The largest absolute Gasteiger partial charge is 0.521 e. The molecule has 1 heterocycles. The van der Waals surface area contributed by atoms with Crippen molar-refractivity contribution in [1.82, 2.24) is 0 Å². The van der Waals surface area contributed by atoms with Gasteiger partial charge in [-0.25, -0.2) is 4.79 Å². The summed E-state index contributed by atoms with van der Waals surface area (Å²) in [6, 6.07) is 8.67. The lowest BCUT2D eigenvalue weighted by atomic mass is 10.1. The van der Waals surface area contributed by atoms with Gasteiger partial charge in [0.15, 0.2) is 0 Å². The van der Waals surface area contributed by atoms with Crippen LogP contribution in [-0.4, -0.2) is 45.0 Å². The van der Waals surface area contributed by atoms with Crippen LogP contribution in [0.3, 0.4) is 0 Å². The number of hydrogen-bond donors (Lipinski definition) is 1. The number of carbonyl (C=O) groups excluding carboxylic acids is 2. The first kappa shape index (κ1) is 17.7. The van der Waals surface area contributed by atoms with Crippen LogP contribution in [0.4, 0.5) is 4.79 Å². The van der Waals surface area contributed by atoms with Crippen LogP contribution in [0.25, 0.3) is 0 Å². The van der Waals surface area contributed by atoms with Crippen molar-refractivity contribution in [3.8, 4) is 0 Å². The fourth-order valence-electron chi connectivity index (χ4n) is 3.11. The molecule has 2 amide bonds. The maximum Gasteiger partial charge on any atom is 0.521 e. The number of likely N-dealkylation sites (tertiary alicyclic amines) is 1. The third kappa shape index (κ3) is 3.48. The maximum absolute atomic E-state index is 12.7. The van der Waals surface area contributed by atoms with E-state index in [-0.39, 0.29) is 17.1 Å². The average molecular weight is 336 g/mol. The van der Waals surface area contributed by atoms with E-state index < -0.39 is 16.5 Å². The van der Waals surface area contributed by atoms with E-state index in [2.05, 4.69) is 0 Å². The van der Waals surface area contributed by atoms with Crippen molar-refractivity contribution in [3.63, 3.8) is 0 Å². The highest BCUT2D eigenvalue weighted by molar-refractivity contribution is 8.14. The van der Waals surface area contributed by atoms with Gasteiger partial charge < -0.3 is 5.11 Å².